The van der Waals surface area contributed by atoms with Crippen LogP contribution in [0.25, 0.3) is 0 Å². The molecule has 2 aromatic rings. The van der Waals surface area contributed by atoms with Gasteiger partial charge in [0.25, 0.3) is 0 Å². The van der Waals surface area contributed by atoms with Gasteiger partial charge in [-0.3, -0.25) is 10.1 Å². The Morgan fingerprint density at radius 3 is 2.50 bits per heavy atom. The van der Waals surface area contributed by atoms with Crippen molar-refractivity contribution in [3.8, 4) is 11.5 Å². The first-order chi connectivity index (χ1) is 15.2. The molecule has 0 saturated carbocycles. The molecule has 0 bridgehead atoms. The predicted octanol–water partition coefficient (Wildman–Crippen LogP) is 1.91. The zero-order valence-corrected chi connectivity index (χ0v) is 18.8. The van der Waals surface area contributed by atoms with Gasteiger partial charge in [0.15, 0.2) is 11.5 Å². The number of carbonyl (C=O) groups excluding carboxylic acids is 1. The van der Waals surface area contributed by atoms with Gasteiger partial charge in [-0.05, 0) is 49.7 Å². The lowest BCUT2D eigenvalue weighted by Gasteiger charge is -2.35. The van der Waals surface area contributed by atoms with Gasteiger partial charge in [0.05, 0.1) is 11.4 Å². The lowest BCUT2D eigenvalue weighted by Crippen LogP contribution is -2.53. The minimum atomic E-state index is -3.79. The normalized spacial score (nSPS) is 16.9. The van der Waals surface area contributed by atoms with Crippen LogP contribution in [-0.4, -0.2) is 63.0 Å². The molecule has 10 heteroatoms. The Hall–Kier alpha value is -2.69. The average molecular weight is 464 g/mol. The van der Waals surface area contributed by atoms with Gasteiger partial charge in [0.1, 0.15) is 5.82 Å². The minimum Gasteiger partial charge on any atom is -0.454 e. The second-order valence-electron chi connectivity index (χ2n) is 8.29. The van der Waals surface area contributed by atoms with Crippen molar-refractivity contribution in [2.45, 2.75) is 24.3 Å². The molecule has 2 heterocycles. The van der Waals surface area contributed by atoms with E-state index in [0.29, 0.717) is 11.5 Å². The number of rotatable bonds is 6. The molecular weight excluding hydrogens is 437 g/mol. The van der Waals surface area contributed by atoms with Gasteiger partial charge < -0.3 is 14.4 Å². The maximum absolute atomic E-state index is 13.4. The molecule has 1 N–H and O–H groups in total. The standard InChI is InChI=1S/C22H26FN3O5S/c1-22(2,16-6-7-19-20(12-16)31-15-30-19)24-14-21(27)25-8-10-26(11-9-25)32(28,29)18-5-3-4-17(23)13-18/h3-7,12-13,24H,8-11,14-15H2,1-2H3. The molecule has 8 nitrogen and oxygen atoms in total. The first kappa shape index (κ1) is 22.5. The molecule has 0 aromatic heterocycles. The van der Waals surface area contributed by atoms with Crippen LogP contribution in [0, 0.1) is 5.82 Å². The van der Waals surface area contributed by atoms with Crippen molar-refractivity contribution in [2.24, 2.45) is 0 Å². The summed E-state index contributed by atoms with van der Waals surface area (Å²) in [6, 6.07) is 10.6. The van der Waals surface area contributed by atoms with Gasteiger partial charge in [-0.15, -0.1) is 0 Å². The molecule has 0 spiro atoms. The van der Waals surface area contributed by atoms with Crippen LogP contribution in [0.3, 0.4) is 0 Å². The van der Waals surface area contributed by atoms with E-state index >= 15 is 0 Å². The van der Waals surface area contributed by atoms with E-state index in [1.807, 2.05) is 32.0 Å². The molecule has 172 valence electrons. The average Bonchev–Trinajstić information content (AvgIpc) is 3.25. The van der Waals surface area contributed by atoms with Crippen molar-refractivity contribution in [1.82, 2.24) is 14.5 Å². The third-order valence-electron chi connectivity index (χ3n) is 5.80. The van der Waals surface area contributed by atoms with Crippen molar-refractivity contribution in [1.29, 1.82) is 0 Å². The summed E-state index contributed by atoms with van der Waals surface area (Å²) in [4.78, 5) is 14.3. The van der Waals surface area contributed by atoms with E-state index in [9.17, 15) is 17.6 Å². The largest absolute Gasteiger partial charge is 0.454 e. The highest BCUT2D eigenvalue weighted by Gasteiger charge is 2.31. The second kappa shape index (κ2) is 8.68. The molecular formula is C22H26FN3O5S. The van der Waals surface area contributed by atoms with Crippen LogP contribution in [-0.2, 0) is 20.4 Å². The van der Waals surface area contributed by atoms with Crippen LogP contribution in [0.2, 0.25) is 0 Å². The molecule has 0 atom stereocenters. The topological polar surface area (TPSA) is 88.2 Å². The summed E-state index contributed by atoms with van der Waals surface area (Å²) in [7, 11) is -3.79. The van der Waals surface area contributed by atoms with Crippen LogP contribution in [0.15, 0.2) is 47.4 Å². The number of piperazine rings is 1. The zero-order valence-electron chi connectivity index (χ0n) is 18.0. The molecule has 1 saturated heterocycles. The van der Waals surface area contributed by atoms with Crippen LogP contribution in [0.1, 0.15) is 19.4 Å². The number of carbonyl (C=O) groups is 1. The highest BCUT2D eigenvalue weighted by molar-refractivity contribution is 7.89. The van der Waals surface area contributed by atoms with Gasteiger partial charge in [0, 0.05) is 31.7 Å². The van der Waals surface area contributed by atoms with Crippen molar-refractivity contribution in [3.05, 3.63) is 53.8 Å². The number of halogens is 1. The molecule has 0 unspecified atom stereocenters. The monoisotopic (exact) mass is 463 g/mol. The van der Waals surface area contributed by atoms with E-state index < -0.39 is 21.4 Å². The van der Waals surface area contributed by atoms with Gasteiger partial charge in [-0.25, -0.2) is 12.8 Å². The Morgan fingerprint density at radius 2 is 1.78 bits per heavy atom. The van der Waals surface area contributed by atoms with E-state index in [2.05, 4.69) is 5.32 Å². The Bertz CT molecular complexity index is 1110. The summed E-state index contributed by atoms with van der Waals surface area (Å²) >= 11 is 0. The van der Waals surface area contributed by atoms with Crippen LogP contribution in [0.4, 0.5) is 4.39 Å². The maximum atomic E-state index is 13.4. The Balaban J connectivity index is 1.33. The highest BCUT2D eigenvalue weighted by Crippen LogP contribution is 2.35. The summed E-state index contributed by atoms with van der Waals surface area (Å²) in [5.41, 5.74) is 0.472. The summed E-state index contributed by atoms with van der Waals surface area (Å²) in [6.45, 7) is 5.14. The fourth-order valence-corrected chi connectivity index (χ4v) is 5.20. The van der Waals surface area contributed by atoms with Crippen LogP contribution < -0.4 is 14.8 Å². The fraction of sp³-hybridized carbons (Fsp3) is 0.409. The predicted molar refractivity (Wildman–Crippen MR) is 115 cm³/mol. The summed E-state index contributed by atoms with van der Waals surface area (Å²) < 4.78 is 51.0. The van der Waals surface area contributed by atoms with Crippen molar-refractivity contribution in [3.63, 3.8) is 0 Å². The van der Waals surface area contributed by atoms with E-state index in [4.69, 9.17) is 9.47 Å². The SMILES string of the molecule is CC(C)(NCC(=O)N1CCN(S(=O)(=O)c2cccc(F)c2)CC1)c1ccc2c(c1)OCO2. The molecule has 0 radical (unpaired) electrons. The van der Waals surface area contributed by atoms with E-state index in [0.717, 1.165) is 11.6 Å². The van der Waals surface area contributed by atoms with Crippen molar-refractivity contribution < 1.29 is 27.1 Å². The first-order valence-corrected chi connectivity index (χ1v) is 11.8. The summed E-state index contributed by atoms with van der Waals surface area (Å²) in [5.74, 6) is 0.670. The Labute approximate surface area is 187 Å². The smallest absolute Gasteiger partial charge is 0.243 e. The minimum absolute atomic E-state index is 0.0792. The van der Waals surface area contributed by atoms with E-state index in [-0.39, 0.29) is 50.3 Å². The van der Waals surface area contributed by atoms with Crippen LogP contribution >= 0.6 is 0 Å². The van der Waals surface area contributed by atoms with E-state index in [1.54, 1.807) is 4.90 Å². The molecule has 2 aromatic carbocycles. The zero-order chi connectivity index (χ0) is 22.9. The number of ether oxygens (including phenoxy) is 2. The van der Waals surface area contributed by atoms with Gasteiger partial charge in [0.2, 0.25) is 22.7 Å². The maximum Gasteiger partial charge on any atom is 0.243 e. The molecule has 2 aliphatic rings. The highest BCUT2D eigenvalue weighted by atomic mass is 32.2. The molecule has 1 fully saturated rings. The fourth-order valence-electron chi connectivity index (χ4n) is 3.75. The number of amides is 1. The third-order valence-corrected chi connectivity index (χ3v) is 7.70. The third kappa shape index (κ3) is 4.57. The van der Waals surface area contributed by atoms with Gasteiger partial charge >= 0.3 is 0 Å². The molecule has 2 aliphatic heterocycles. The van der Waals surface area contributed by atoms with Crippen molar-refractivity contribution >= 4 is 15.9 Å². The lowest BCUT2D eigenvalue weighted by atomic mass is 9.94. The quantitative estimate of drug-likeness (QED) is 0.704. The summed E-state index contributed by atoms with van der Waals surface area (Å²) in [5, 5.41) is 3.28. The Morgan fingerprint density at radius 1 is 1.06 bits per heavy atom. The molecule has 0 aliphatic carbocycles. The van der Waals surface area contributed by atoms with Gasteiger partial charge in [-0.1, -0.05) is 12.1 Å². The number of benzene rings is 2. The van der Waals surface area contributed by atoms with E-state index in [1.165, 1.54) is 22.5 Å². The summed E-state index contributed by atoms with van der Waals surface area (Å²) in [6.07, 6.45) is 0. The second-order valence-corrected chi connectivity index (χ2v) is 10.2. The molecule has 4 rings (SSSR count). The number of hydrogen-bond donors (Lipinski definition) is 1. The molecule has 32 heavy (non-hydrogen) atoms. The number of nitrogens with zero attached hydrogens (tertiary/aromatic N) is 2. The van der Waals surface area contributed by atoms with Gasteiger partial charge in [-0.2, -0.15) is 4.31 Å². The van der Waals surface area contributed by atoms with Crippen LogP contribution in [0.5, 0.6) is 11.5 Å². The number of sulfonamides is 1. The molecule has 1 amide bonds. The number of fused-ring (bicyclic) bond motifs is 1. The number of nitrogens with one attached hydrogen (secondary N) is 1. The van der Waals surface area contributed by atoms with Crippen molar-refractivity contribution in [2.75, 3.05) is 39.5 Å². The Kier molecular flexibility index (Phi) is 6.11. The first-order valence-electron chi connectivity index (χ1n) is 10.4. The number of hydrogen-bond acceptors (Lipinski definition) is 6. The lowest BCUT2D eigenvalue weighted by molar-refractivity contribution is -0.131.